The first-order valence-corrected chi connectivity index (χ1v) is 11.8. The topological polar surface area (TPSA) is 119 Å². The number of nitrogens with zero attached hydrogens (tertiary/aromatic N) is 3. The van der Waals surface area contributed by atoms with E-state index in [1.165, 1.54) is 0 Å². The van der Waals surface area contributed by atoms with Gasteiger partial charge in [0.1, 0.15) is 22.9 Å². The molecule has 0 fully saturated rings. The molecule has 0 unspecified atom stereocenters. The van der Waals surface area contributed by atoms with Gasteiger partial charge >= 0.3 is 0 Å². The number of aryl methyl sites for hydroxylation is 1. The molecule has 5 rings (SSSR count). The van der Waals surface area contributed by atoms with Crippen LogP contribution in [0, 0.1) is 0 Å². The van der Waals surface area contributed by atoms with Crippen LogP contribution in [0.1, 0.15) is 18.1 Å². The normalized spacial score (nSPS) is 11.0. The first kappa shape index (κ1) is 23.0. The van der Waals surface area contributed by atoms with E-state index in [4.69, 9.17) is 10.7 Å². The van der Waals surface area contributed by atoms with Crippen molar-refractivity contribution in [3.63, 3.8) is 0 Å². The average Bonchev–Trinajstić information content (AvgIpc) is 3.43. The molecule has 0 aliphatic carbocycles. The van der Waals surface area contributed by atoms with Crippen LogP contribution in [0.2, 0.25) is 0 Å². The maximum atomic E-state index is 13.2. The molecule has 0 aliphatic heterocycles. The average molecular weight is 479 g/mol. The number of nitrogens with one attached hydrogen (secondary N) is 2. The Bertz CT molecular complexity index is 1570. The van der Waals surface area contributed by atoms with E-state index in [0.717, 1.165) is 16.7 Å². The lowest BCUT2D eigenvalue weighted by atomic mass is 10.1. The van der Waals surface area contributed by atoms with Crippen LogP contribution < -0.4 is 16.5 Å². The van der Waals surface area contributed by atoms with Crippen molar-refractivity contribution in [2.75, 3.05) is 5.73 Å². The lowest BCUT2D eigenvalue weighted by Gasteiger charge is -2.15. The molecule has 0 saturated carbocycles. The minimum absolute atomic E-state index is 0.0368. The maximum absolute atomic E-state index is 13.2. The van der Waals surface area contributed by atoms with Gasteiger partial charge in [-0.3, -0.25) is 9.59 Å². The number of aromatic amines is 1. The summed E-state index contributed by atoms with van der Waals surface area (Å²) in [5.41, 5.74) is 10.6. The zero-order valence-electron chi connectivity index (χ0n) is 19.9. The number of H-pyrrole nitrogens is 1. The number of amides is 1. The Hall–Kier alpha value is -4.72. The number of aromatic nitrogens is 4. The molecule has 8 nitrogen and oxygen atoms in total. The molecule has 180 valence electrons. The summed E-state index contributed by atoms with van der Waals surface area (Å²) < 4.78 is 1.82. The Labute approximate surface area is 207 Å². The summed E-state index contributed by atoms with van der Waals surface area (Å²) in [7, 11) is 0. The van der Waals surface area contributed by atoms with Gasteiger partial charge in [0.2, 0.25) is 11.3 Å². The largest absolute Gasteiger partial charge is 0.384 e. The second-order valence-electron chi connectivity index (χ2n) is 8.48. The van der Waals surface area contributed by atoms with Gasteiger partial charge < -0.3 is 20.6 Å². The number of anilines is 1. The Balaban J connectivity index is 1.39. The van der Waals surface area contributed by atoms with E-state index in [2.05, 4.69) is 15.3 Å². The van der Waals surface area contributed by atoms with Gasteiger partial charge in [0.15, 0.2) is 0 Å². The molecule has 5 aromatic rings. The van der Waals surface area contributed by atoms with Crippen molar-refractivity contribution in [1.82, 2.24) is 24.8 Å². The zero-order chi connectivity index (χ0) is 25.1. The Morgan fingerprint density at radius 1 is 1.03 bits per heavy atom. The molecule has 2 aromatic carbocycles. The molecule has 4 N–H and O–H groups in total. The third-order valence-corrected chi connectivity index (χ3v) is 6.15. The smallest absolute Gasteiger partial charge is 0.224 e. The number of benzene rings is 2. The number of rotatable bonds is 7. The summed E-state index contributed by atoms with van der Waals surface area (Å²) in [6, 6.07) is 21.1. The van der Waals surface area contributed by atoms with Crippen molar-refractivity contribution in [2.45, 2.75) is 26.4 Å². The van der Waals surface area contributed by atoms with Gasteiger partial charge in [-0.15, -0.1) is 0 Å². The van der Waals surface area contributed by atoms with E-state index < -0.39 is 0 Å². The lowest BCUT2D eigenvalue weighted by Crippen LogP contribution is -2.24. The van der Waals surface area contributed by atoms with Gasteiger partial charge in [-0.05, 0) is 30.2 Å². The number of fused-ring (bicyclic) bond motifs is 1. The molecule has 0 bridgehead atoms. The highest BCUT2D eigenvalue weighted by Crippen LogP contribution is 2.26. The number of pyridine rings is 2. The number of imidazole rings is 1. The molecule has 0 saturated heterocycles. The maximum Gasteiger partial charge on any atom is 0.224 e. The number of hydrogen-bond donors (Lipinski definition) is 3. The predicted molar refractivity (Wildman–Crippen MR) is 141 cm³/mol. The van der Waals surface area contributed by atoms with Crippen LogP contribution in [0.3, 0.4) is 0 Å². The summed E-state index contributed by atoms with van der Waals surface area (Å²) in [6.07, 6.45) is 3.54. The fourth-order valence-electron chi connectivity index (χ4n) is 4.28. The van der Waals surface area contributed by atoms with Gasteiger partial charge in [-0.25, -0.2) is 9.97 Å². The van der Waals surface area contributed by atoms with Crippen molar-refractivity contribution < 1.29 is 4.79 Å². The summed E-state index contributed by atoms with van der Waals surface area (Å²) >= 11 is 0. The van der Waals surface area contributed by atoms with Gasteiger partial charge in [0.05, 0.1) is 17.5 Å². The number of nitrogen functional groups attached to an aromatic ring is 1. The van der Waals surface area contributed by atoms with Crippen molar-refractivity contribution in [3.05, 3.63) is 100 Å². The van der Waals surface area contributed by atoms with Crippen LogP contribution in [0.5, 0.6) is 0 Å². The first-order chi connectivity index (χ1) is 17.5. The standard InChI is InChI=1S/C28H26N6O2/c1-2-34-26(29)24(27-30-14-15-31-27)25(36)21-12-13-22(33-28(21)34)20-10-8-18(9-11-20)16-23(35)32-17-19-6-4-3-5-7-19/h3-15H,2,16-17,29H2,1H3,(H,30,31)(H,32,35). The molecular formula is C28H26N6O2. The Morgan fingerprint density at radius 2 is 1.81 bits per heavy atom. The molecule has 0 spiro atoms. The SMILES string of the molecule is CCn1c(N)c(-c2ncc[nH]2)c(=O)c2ccc(-c3ccc(CC(=O)NCc4ccccc4)cc3)nc21. The van der Waals surface area contributed by atoms with E-state index in [-0.39, 0.29) is 11.3 Å². The van der Waals surface area contributed by atoms with Crippen molar-refractivity contribution in [1.29, 1.82) is 0 Å². The molecule has 3 aromatic heterocycles. The highest BCUT2D eigenvalue weighted by atomic mass is 16.1. The monoisotopic (exact) mass is 478 g/mol. The Morgan fingerprint density at radius 3 is 2.50 bits per heavy atom. The number of carbonyl (C=O) groups excluding carboxylic acids is 1. The van der Waals surface area contributed by atoms with E-state index in [1.807, 2.05) is 72.2 Å². The first-order valence-electron chi connectivity index (χ1n) is 11.8. The predicted octanol–water partition coefficient (Wildman–Crippen LogP) is 3.91. The molecule has 8 heteroatoms. The zero-order valence-corrected chi connectivity index (χ0v) is 19.9. The molecule has 0 atom stereocenters. The quantitative estimate of drug-likeness (QED) is 0.328. The molecular weight excluding hydrogens is 452 g/mol. The fraction of sp³-hybridized carbons (Fsp3) is 0.143. The van der Waals surface area contributed by atoms with Crippen LogP contribution in [-0.4, -0.2) is 25.4 Å². The van der Waals surface area contributed by atoms with E-state index >= 15 is 0 Å². The van der Waals surface area contributed by atoms with Crippen molar-refractivity contribution >= 4 is 22.8 Å². The lowest BCUT2D eigenvalue weighted by molar-refractivity contribution is -0.120. The van der Waals surface area contributed by atoms with E-state index in [9.17, 15) is 9.59 Å². The molecule has 0 radical (unpaired) electrons. The Kier molecular flexibility index (Phi) is 6.32. The number of carbonyl (C=O) groups is 1. The van der Waals surface area contributed by atoms with Crippen molar-refractivity contribution in [3.8, 4) is 22.6 Å². The summed E-state index contributed by atoms with van der Waals surface area (Å²) in [5.74, 6) is 0.728. The second-order valence-corrected chi connectivity index (χ2v) is 8.48. The van der Waals surface area contributed by atoms with Crippen LogP contribution in [0.15, 0.2) is 83.9 Å². The highest BCUT2D eigenvalue weighted by molar-refractivity contribution is 5.87. The van der Waals surface area contributed by atoms with Gasteiger partial charge in [0, 0.05) is 31.0 Å². The minimum Gasteiger partial charge on any atom is -0.384 e. The summed E-state index contributed by atoms with van der Waals surface area (Å²) in [6.45, 7) is 3.00. The van der Waals surface area contributed by atoms with Crippen LogP contribution in [0.25, 0.3) is 33.7 Å². The number of nitrogens with two attached hydrogens (primary N) is 1. The van der Waals surface area contributed by atoms with E-state index in [0.29, 0.717) is 53.4 Å². The van der Waals surface area contributed by atoms with Gasteiger partial charge in [0.25, 0.3) is 0 Å². The molecule has 36 heavy (non-hydrogen) atoms. The fourth-order valence-corrected chi connectivity index (χ4v) is 4.28. The van der Waals surface area contributed by atoms with Crippen LogP contribution in [0.4, 0.5) is 5.82 Å². The van der Waals surface area contributed by atoms with E-state index in [1.54, 1.807) is 18.5 Å². The van der Waals surface area contributed by atoms with Gasteiger partial charge in [-0.1, -0.05) is 54.6 Å². The summed E-state index contributed by atoms with van der Waals surface area (Å²) in [5, 5.41) is 3.43. The van der Waals surface area contributed by atoms with Crippen molar-refractivity contribution in [2.24, 2.45) is 0 Å². The molecule has 3 heterocycles. The molecule has 0 aliphatic rings. The summed E-state index contributed by atoms with van der Waals surface area (Å²) in [4.78, 5) is 37.6. The third kappa shape index (κ3) is 4.48. The van der Waals surface area contributed by atoms with Crippen LogP contribution >= 0.6 is 0 Å². The highest BCUT2D eigenvalue weighted by Gasteiger charge is 2.19. The second kappa shape index (κ2) is 9.87. The van der Waals surface area contributed by atoms with Gasteiger partial charge in [-0.2, -0.15) is 0 Å². The number of hydrogen-bond acceptors (Lipinski definition) is 5. The minimum atomic E-state index is -0.210. The van der Waals surface area contributed by atoms with Crippen LogP contribution in [-0.2, 0) is 24.3 Å². The third-order valence-electron chi connectivity index (χ3n) is 6.15. The molecule has 1 amide bonds.